The topological polar surface area (TPSA) is 194 Å². The summed E-state index contributed by atoms with van der Waals surface area (Å²) in [5, 5.41) is 18.5. The molecule has 3 aliphatic rings. The lowest BCUT2D eigenvalue weighted by Gasteiger charge is -2.27. The SMILES string of the molecule is Cc1sc2c(c1C)C(c1ccc(Cl)cc1)=N[C@@H](CC(=O)NCCCCCCCCNC(=O)COc1cccc3c1C(=O)N(C1CCC(=O)NC1=O)C3=O)c1nnc(C)n1-2. The number of unbranched alkanes of at least 4 members (excludes halogenated alkanes) is 5. The van der Waals surface area contributed by atoms with Crippen molar-refractivity contribution in [1.82, 2.24) is 35.6 Å². The first-order valence-electron chi connectivity index (χ1n) is 19.8. The Morgan fingerprint density at radius 1 is 0.881 bits per heavy atom. The number of nitrogens with zero attached hydrogens (tertiary/aromatic N) is 5. The number of hydrogen-bond acceptors (Lipinski definition) is 11. The fourth-order valence-corrected chi connectivity index (χ4v) is 8.93. The molecule has 0 radical (unpaired) electrons. The number of carbonyl (C=O) groups excluding carboxylic acids is 6. The Labute approximate surface area is 350 Å². The van der Waals surface area contributed by atoms with Gasteiger partial charge >= 0.3 is 0 Å². The Morgan fingerprint density at radius 2 is 1.58 bits per heavy atom. The minimum atomic E-state index is -1.09. The maximum atomic E-state index is 13.3. The Kier molecular flexibility index (Phi) is 12.7. The zero-order chi connectivity index (χ0) is 41.8. The lowest BCUT2D eigenvalue weighted by Crippen LogP contribution is -2.54. The molecular formula is C42H45ClN8O7S. The standard InChI is InChI=1S/C42H45ClN8O7S/c1-23-24(2)59-42-35(23)37(26-13-15-27(43)16-14-26)46-29(38-49-48-25(3)50(38)42)21-33(53)44-19-8-6-4-5-7-9-20-45-34(54)22-58-31-12-10-11-28-36(31)41(57)51(40(28)56)30-17-18-32(52)47-39(30)55/h10-16,29-30H,4-9,17-22H2,1-3H3,(H,44,53)(H,45,54)(H,47,52,55)/t29-,30?/m0/s1. The molecule has 5 heterocycles. The van der Waals surface area contributed by atoms with E-state index in [2.05, 4.69) is 40.0 Å². The smallest absolute Gasteiger partial charge is 0.266 e. The maximum absolute atomic E-state index is 13.3. The summed E-state index contributed by atoms with van der Waals surface area (Å²) < 4.78 is 7.69. The van der Waals surface area contributed by atoms with Crippen LogP contribution in [-0.2, 0) is 19.2 Å². The number of thiophene rings is 1. The van der Waals surface area contributed by atoms with Crippen molar-refractivity contribution in [3.63, 3.8) is 0 Å². The molecule has 3 aliphatic heterocycles. The van der Waals surface area contributed by atoms with Crippen molar-refractivity contribution < 1.29 is 33.5 Å². The lowest BCUT2D eigenvalue weighted by molar-refractivity contribution is -0.136. The second kappa shape index (κ2) is 18.0. The number of amides is 6. The van der Waals surface area contributed by atoms with Gasteiger partial charge in [0.1, 0.15) is 28.7 Å². The molecule has 1 fully saturated rings. The molecule has 2 aromatic carbocycles. The first kappa shape index (κ1) is 41.4. The molecular weight excluding hydrogens is 796 g/mol. The van der Waals surface area contributed by atoms with Crippen molar-refractivity contribution >= 4 is 64.1 Å². The van der Waals surface area contributed by atoms with Crippen LogP contribution in [0.4, 0.5) is 0 Å². The lowest BCUT2D eigenvalue weighted by atomic mass is 9.99. The highest BCUT2D eigenvalue weighted by Gasteiger charge is 2.46. The van der Waals surface area contributed by atoms with Gasteiger partial charge in [-0.25, -0.2) is 0 Å². The molecule has 2 aromatic heterocycles. The summed E-state index contributed by atoms with van der Waals surface area (Å²) >= 11 is 7.89. The third kappa shape index (κ3) is 8.83. The van der Waals surface area contributed by atoms with Crippen LogP contribution in [0.3, 0.4) is 0 Å². The van der Waals surface area contributed by atoms with Crippen molar-refractivity contribution in [3.05, 3.63) is 91.8 Å². The van der Waals surface area contributed by atoms with Crippen molar-refractivity contribution in [1.29, 1.82) is 0 Å². The minimum absolute atomic E-state index is 0.00441. The van der Waals surface area contributed by atoms with E-state index in [1.807, 2.05) is 35.8 Å². The van der Waals surface area contributed by atoms with Crippen molar-refractivity contribution in [2.75, 3.05) is 19.7 Å². The van der Waals surface area contributed by atoms with E-state index in [1.165, 1.54) is 17.0 Å². The molecule has 17 heteroatoms. The van der Waals surface area contributed by atoms with Gasteiger partial charge in [-0.3, -0.25) is 48.5 Å². The molecule has 0 spiro atoms. The van der Waals surface area contributed by atoms with Crippen LogP contribution >= 0.6 is 22.9 Å². The average Bonchev–Trinajstić information content (AvgIpc) is 3.79. The second-order valence-corrected chi connectivity index (χ2v) is 16.5. The van der Waals surface area contributed by atoms with Crippen LogP contribution in [0.1, 0.15) is 118 Å². The largest absolute Gasteiger partial charge is 0.483 e. The average molecular weight is 841 g/mol. The molecule has 59 heavy (non-hydrogen) atoms. The Balaban J connectivity index is 0.812. The van der Waals surface area contributed by atoms with Crippen LogP contribution in [0.2, 0.25) is 5.02 Å². The Morgan fingerprint density at radius 3 is 2.29 bits per heavy atom. The summed E-state index contributed by atoms with van der Waals surface area (Å²) in [5.41, 5.74) is 3.95. The third-order valence-electron chi connectivity index (χ3n) is 10.8. The Hall–Kier alpha value is -5.74. The van der Waals surface area contributed by atoms with Crippen molar-refractivity contribution in [2.24, 2.45) is 4.99 Å². The summed E-state index contributed by atoms with van der Waals surface area (Å²) in [5.74, 6) is -1.52. The summed E-state index contributed by atoms with van der Waals surface area (Å²) in [6.07, 6.45) is 5.60. The van der Waals surface area contributed by atoms with Gasteiger partial charge in [0.2, 0.25) is 17.7 Å². The monoisotopic (exact) mass is 840 g/mol. The minimum Gasteiger partial charge on any atom is -0.483 e. The van der Waals surface area contributed by atoms with E-state index in [-0.39, 0.29) is 54.6 Å². The van der Waals surface area contributed by atoms with E-state index in [4.69, 9.17) is 21.3 Å². The number of aryl methyl sites for hydroxylation is 2. The Bertz CT molecular complexity index is 2350. The molecule has 4 aromatic rings. The van der Waals surface area contributed by atoms with Gasteiger partial charge in [0.05, 0.1) is 23.3 Å². The zero-order valence-electron chi connectivity index (χ0n) is 33.1. The van der Waals surface area contributed by atoms with Crippen LogP contribution in [0.25, 0.3) is 5.00 Å². The number of halogens is 1. The van der Waals surface area contributed by atoms with E-state index in [0.717, 1.165) is 76.7 Å². The van der Waals surface area contributed by atoms with Gasteiger partial charge in [0, 0.05) is 40.5 Å². The molecule has 6 amide bonds. The van der Waals surface area contributed by atoms with Crippen molar-refractivity contribution in [3.8, 4) is 10.8 Å². The summed E-state index contributed by atoms with van der Waals surface area (Å²) in [6, 6.07) is 10.5. The van der Waals surface area contributed by atoms with Crippen LogP contribution in [0.5, 0.6) is 5.75 Å². The molecule has 0 bridgehead atoms. The molecule has 2 atom stereocenters. The number of hydrogen-bond donors (Lipinski definition) is 3. The molecule has 1 saturated heterocycles. The number of imide groups is 2. The van der Waals surface area contributed by atoms with Gasteiger partial charge in [0.25, 0.3) is 17.7 Å². The van der Waals surface area contributed by atoms with Gasteiger partial charge in [0.15, 0.2) is 12.4 Å². The quantitative estimate of drug-likeness (QED) is 0.0999. The number of carbonyl (C=O) groups is 6. The normalized spacial score (nSPS) is 17.2. The van der Waals surface area contributed by atoms with E-state index >= 15 is 0 Å². The van der Waals surface area contributed by atoms with Gasteiger partial charge < -0.3 is 15.4 Å². The highest BCUT2D eigenvalue weighted by molar-refractivity contribution is 7.15. The van der Waals surface area contributed by atoms with Gasteiger partial charge in [-0.2, -0.15) is 0 Å². The van der Waals surface area contributed by atoms with E-state index < -0.39 is 35.7 Å². The van der Waals surface area contributed by atoms with Gasteiger partial charge in [-0.05, 0) is 69.9 Å². The molecule has 0 aliphatic carbocycles. The van der Waals surface area contributed by atoms with Crippen LogP contribution < -0.4 is 20.7 Å². The van der Waals surface area contributed by atoms with Gasteiger partial charge in [-0.15, -0.1) is 21.5 Å². The molecule has 0 saturated carbocycles. The summed E-state index contributed by atoms with van der Waals surface area (Å²) in [7, 11) is 0. The summed E-state index contributed by atoms with van der Waals surface area (Å²) in [6.45, 7) is 6.75. The molecule has 3 N–H and O–H groups in total. The number of ether oxygens (including phenoxy) is 1. The van der Waals surface area contributed by atoms with Crippen LogP contribution in [-0.4, -0.2) is 86.6 Å². The first-order chi connectivity index (χ1) is 28.4. The predicted octanol–water partition coefficient (Wildman–Crippen LogP) is 5.24. The second-order valence-electron chi connectivity index (χ2n) is 14.8. The highest BCUT2D eigenvalue weighted by Crippen LogP contribution is 2.40. The van der Waals surface area contributed by atoms with E-state index in [1.54, 1.807) is 17.4 Å². The number of piperidine rings is 1. The molecule has 15 nitrogen and oxygen atoms in total. The predicted molar refractivity (Wildman–Crippen MR) is 220 cm³/mol. The number of fused-ring (bicyclic) bond motifs is 4. The third-order valence-corrected chi connectivity index (χ3v) is 12.2. The molecule has 1 unspecified atom stereocenters. The maximum Gasteiger partial charge on any atom is 0.266 e. The zero-order valence-corrected chi connectivity index (χ0v) is 34.6. The molecule has 308 valence electrons. The number of rotatable bonds is 16. The fourth-order valence-electron chi connectivity index (χ4n) is 7.59. The van der Waals surface area contributed by atoms with Gasteiger partial charge in [-0.1, -0.05) is 55.5 Å². The summed E-state index contributed by atoms with van der Waals surface area (Å²) in [4.78, 5) is 83.2. The number of aromatic nitrogens is 3. The number of nitrogens with one attached hydrogen (secondary N) is 3. The van der Waals surface area contributed by atoms with Crippen LogP contribution in [0.15, 0.2) is 47.5 Å². The van der Waals surface area contributed by atoms with E-state index in [9.17, 15) is 28.8 Å². The highest BCUT2D eigenvalue weighted by atomic mass is 35.5. The van der Waals surface area contributed by atoms with Crippen molar-refractivity contribution in [2.45, 2.75) is 90.6 Å². The first-order valence-corrected chi connectivity index (χ1v) is 21.0. The number of benzene rings is 2. The molecule has 7 rings (SSSR count). The fraction of sp³-hybridized carbons (Fsp3) is 0.405. The van der Waals surface area contributed by atoms with Crippen LogP contribution in [0, 0.1) is 20.8 Å². The van der Waals surface area contributed by atoms with E-state index in [0.29, 0.717) is 23.9 Å². The number of aliphatic imine (C=N–C) groups is 1.